The van der Waals surface area contributed by atoms with Gasteiger partial charge in [-0.15, -0.1) is 0 Å². The van der Waals surface area contributed by atoms with E-state index in [0.717, 1.165) is 25.7 Å². The van der Waals surface area contributed by atoms with Gasteiger partial charge in [-0.1, -0.05) is 12.2 Å². The maximum Gasteiger partial charge on any atom is 0.307 e. The molecule has 0 heterocycles. The Morgan fingerprint density at radius 3 is 2.32 bits per heavy atom. The van der Waals surface area contributed by atoms with E-state index >= 15 is 0 Å². The molecule has 3 aliphatic rings. The third-order valence-electron chi connectivity index (χ3n) is 5.05. The summed E-state index contributed by atoms with van der Waals surface area (Å²) in [6.07, 6.45) is 7.23. The summed E-state index contributed by atoms with van der Waals surface area (Å²) in [6.45, 7) is -0.0624. The first-order valence-corrected chi connectivity index (χ1v) is 6.90. The molecule has 2 bridgehead atoms. The van der Waals surface area contributed by atoms with Crippen LogP contribution in [0.2, 0.25) is 0 Å². The van der Waals surface area contributed by atoms with E-state index in [1.165, 1.54) is 0 Å². The smallest absolute Gasteiger partial charge is 0.307 e. The maximum absolute atomic E-state index is 12.4. The Morgan fingerprint density at radius 2 is 1.84 bits per heavy atom. The average molecular weight is 265 g/mol. The molecule has 0 aromatic rings. The Bertz CT molecular complexity index is 435. The van der Waals surface area contributed by atoms with Crippen molar-refractivity contribution in [2.45, 2.75) is 31.2 Å². The lowest BCUT2D eigenvalue weighted by atomic mass is 9.75. The van der Waals surface area contributed by atoms with E-state index in [-0.39, 0.29) is 24.3 Å². The molecule has 2 saturated carbocycles. The summed E-state index contributed by atoms with van der Waals surface area (Å²) < 4.78 is 0. The molecule has 0 saturated heterocycles. The molecule has 4 atom stereocenters. The number of amides is 1. The van der Waals surface area contributed by atoms with E-state index in [1.54, 1.807) is 0 Å². The van der Waals surface area contributed by atoms with Crippen LogP contribution in [-0.4, -0.2) is 34.2 Å². The first kappa shape index (κ1) is 12.7. The quantitative estimate of drug-likeness (QED) is 0.648. The highest BCUT2D eigenvalue weighted by Gasteiger charge is 2.53. The summed E-state index contributed by atoms with van der Waals surface area (Å²) in [5.41, 5.74) is -0.494. The summed E-state index contributed by atoms with van der Waals surface area (Å²) >= 11 is 0. The van der Waals surface area contributed by atoms with Crippen molar-refractivity contribution in [2.75, 3.05) is 6.61 Å². The minimum atomic E-state index is -0.886. The summed E-state index contributed by atoms with van der Waals surface area (Å²) in [5, 5.41) is 21.6. The van der Waals surface area contributed by atoms with Crippen molar-refractivity contribution in [1.82, 2.24) is 5.32 Å². The Labute approximate surface area is 111 Å². The number of nitrogens with one attached hydrogen (secondary N) is 1. The van der Waals surface area contributed by atoms with Gasteiger partial charge in [-0.2, -0.15) is 0 Å². The number of aliphatic hydroxyl groups is 1. The molecule has 0 radical (unpaired) electrons. The van der Waals surface area contributed by atoms with Crippen LogP contribution in [0.5, 0.6) is 0 Å². The lowest BCUT2D eigenvalue weighted by Crippen LogP contribution is -2.58. The molecule has 0 aliphatic heterocycles. The van der Waals surface area contributed by atoms with E-state index in [1.807, 2.05) is 12.2 Å². The first-order valence-electron chi connectivity index (χ1n) is 6.90. The van der Waals surface area contributed by atoms with Crippen LogP contribution in [0.15, 0.2) is 12.2 Å². The molecule has 3 aliphatic carbocycles. The van der Waals surface area contributed by atoms with Gasteiger partial charge >= 0.3 is 5.97 Å². The maximum atomic E-state index is 12.4. The van der Waals surface area contributed by atoms with Crippen molar-refractivity contribution in [2.24, 2.45) is 23.7 Å². The van der Waals surface area contributed by atoms with E-state index in [2.05, 4.69) is 5.32 Å². The molecule has 3 N–H and O–H groups in total. The van der Waals surface area contributed by atoms with Crippen molar-refractivity contribution in [1.29, 1.82) is 0 Å². The van der Waals surface area contributed by atoms with Gasteiger partial charge in [0.2, 0.25) is 5.91 Å². The molecule has 104 valence electrons. The number of fused-ring (bicyclic) bond motifs is 2. The first-order chi connectivity index (χ1) is 9.06. The predicted molar refractivity (Wildman–Crippen MR) is 67.2 cm³/mol. The van der Waals surface area contributed by atoms with Crippen LogP contribution in [0, 0.1) is 23.7 Å². The highest BCUT2D eigenvalue weighted by molar-refractivity contribution is 5.87. The molecule has 1 amide bonds. The van der Waals surface area contributed by atoms with Gasteiger partial charge in [-0.3, -0.25) is 9.59 Å². The molecule has 5 heteroatoms. The number of carboxylic acids is 1. The fraction of sp³-hybridized carbons (Fsp3) is 0.714. The van der Waals surface area contributed by atoms with Crippen LogP contribution in [0.1, 0.15) is 25.7 Å². The number of carbonyl (C=O) groups is 2. The number of carboxylic acid groups (broad SMARTS) is 1. The zero-order chi connectivity index (χ0) is 13.6. The number of hydrogen-bond acceptors (Lipinski definition) is 3. The number of hydrogen-bond donors (Lipinski definition) is 3. The van der Waals surface area contributed by atoms with Gasteiger partial charge in [-0.05, 0) is 37.5 Å². The molecule has 0 aromatic carbocycles. The standard InChI is InChI=1S/C14H19NO4/c16-7-14(4-1-5-14)15-12(17)10-8-2-3-9(6-8)11(10)13(18)19/h2-3,8-11,16H,1,4-7H2,(H,15,17)(H,18,19)/t8?,9?,10-,11+/m0/s1. The molecular formula is C14H19NO4. The highest BCUT2D eigenvalue weighted by atomic mass is 16.4. The second kappa shape index (κ2) is 4.34. The minimum absolute atomic E-state index is 0.00952. The summed E-state index contributed by atoms with van der Waals surface area (Å²) in [4.78, 5) is 23.8. The van der Waals surface area contributed by atoms with E-state index in [9.17, 15) is 19.8 Å². The third-order valence-corrected chi connectivity index (χ3v) is 5.05. The van der Waals surface area contributed by atoms with Crippen LogP contribution in [-0.2, 0) is 9.59 Å². The molecule has 19 heavy (non-hydrogen) atoms. The molecule has 2 fully saturated rings. The van der Waals surface area contributed by atoms with Gasteiger partial charge in [0.1, 0.15) is 0 Å². The zero-order valence-electron chi connectivity index (χ0n) is 10.7. The summed E-state index contributed by atoms with van der Waals surface area (Å²) in [7, 11) is 0. The van der Waals surface area contributed by atoms with Gasteiger partial charge in [0.15, 0.2) is 0 Å². The van der Waals surface area contributed by atoms with Crippen LogP contribution in [0.3, 0.4) is 0 Å². The summed E-state index contributed by atoms with van der Waals surface area (Å²) in [6, 6.07) is 0. The van der Waals surface area contributed by atoms with Gasteiger partial charge < -0.3 is 15.5 Å². The Balaban J connectivity index is 1.75. The number of allylic oxidation sites excluding steroid dienone is 2. The summed E-state index contributed by atoms with van der Waals surface area (Å²) in [5.74, 6) is -2.13. The molecule has 3 rings (SSSR count). The van der Waals surface area contributed by atoms with E-state index in [0.29, 0.717) is 0 Å². The molecular weight excluding hydrogens is 246 g/mol. The fourth-order valence-corrected chi connectivity index (χ4v) is 3.79. The van der Waals surface area contributed by atoms with Crippen molar-refractivity contribution < 1.29 is 19.8 Å². The van der Waals surface area contributed by atoms with Gasteiger partial charge in [0, 0.05) is 0 Å². The molecule has 0 aromatic heterocycles. The van der Waals surface area contributed by atoms with Crippen molar-refractivity contribution in [3.63, 3.8) is 0 Å². The van der Waals surface area contributed by atoms with Gasteiger partial charge in [0.25, 0.3) is 0 Å². The van der Waals surface area contributed by atoms with Gasteiger partial charge in [0.05, 0.1) is 24.0 Å². The van der Waals surface area contributed by atoms with E-state index < -0.39 is 23.3 Å². The normalized spacial score (nSPS) is 37.9. The topological polar surface area (TPSA) is 86.6 Å². The monoisotopic (exact) mass is 265 g/mol. The second-order valence-electron chi connectivity index (χ2n) is 6.12. The zero-order valence-corrected chi connectivity index (χ0v) is 10.7. The lowest BCUT2D eigenvalue weighted by molar-refractivity contribution is -0.148. The van der Waals surface area contributed by atoms with Crippen molar-refractivity contribution in [3.8, 4) is 0 Å². The highest BCUT2D eigenvalue weighted by Crippen LogP contribution is 2.48. The Morgan fingerprint density at radius 1 is 1.21 bits per heavy atom. The predicted octanol–water partition coefficient (Wildman–Crippen LogP) is 0.540. The van der Waals surface area contributed by atoms with E-state index in [4.69, 9.17) is 0 Å². The number of rotatable bonds is 4. The number of carbonyl (C=O) groups excluding carboxylic acids is 1. The van der Waals surface area contributed by atoms with Crippen LogP contribution >= 0.6 is 0 Å². The lowest BCUT2D eigenvalue weighted by Gasteiger charge is -2.42. The van der Waals surface area contributed by atoms with Crippen LogP contribution in [0.25, 0.3) is 0 Å². The number of aliphatic carboxylic acids is 1. The third kappa shape index (κ3) is 1.87. The number of aliphatic hydroxyl groups excluding tert-OH is 1. The SMILES string of the molecule is O=C(O)[C@@H]1C2C=CC(C2)[C@@H]1C(=O)NC1(CO)CCC1. The molecule has 0 spiro atoms. The molecule has 2 unspecified atom stereocenters. The molecule has 5 nitrogen and oxygen atoms in total. The van der Waals surface area contributed by atoms with Gasteiger partial charge in [-0.25, -0.2) is 0 Å². The largest absolute Gasteiger partial charge is 0.481 e. The van der Waals surface area contributed by atoms with Crippen LogP contribution in [0.4, 0.5) is 0 Å². The average Bonchev–Trinajstić information content (AvgIpc) is 2.93. The fourth-order valence-electron chi connectivity index (χ4n) is 3.79. The minimum Gasteiger partial charge on any atom is -0.481 e. The Kier molecular flexibility index (Phi) is 2.89. The second-order valence-corrected chi connectivity index (χ2v) is 6.12. The van der Waals surface area contributed by atoms with Crippen molar-refractivity contribution in [3.05, 3.63) is 12.2 Å². The van der Waals surface area contributed by atoms with Crippen molar-refractivity contribution >= 4 is 11.9 Å². The van der Waals surface area contributed by atoms with Crippen LogP contribution < -0.4 is 5.32 Å². The Hall–Kier alpha value is -1.36.